The van der Waals surface area contributed by atoms with Gasteiger partial charge >= 0.3 is 7.75 Å². The van der Waals surface area contributed by atoms with E-state index in [0.717, 1.165) is 32.1 Å². The first kappa shape index (κ1) is 22.3. The van der Waals surface area contributed by atoms with Gasteiger partial charge in [-0.1, -0.05) is 24.4 Å². The first-order valence-corrected chi connectivity index (χ1v) is 12.4. The lowest BCUT2D eigenvalue weighted by molar-refractivity contribution is -0.0590. The van der Waals surface area contributed by atoms with Crippen LogP contribution in [0.25, 0.3) is 21.6 Å². The van der Waals surface area contributed by atoms with Gasteiger partial charge in [0.25, 0.3) is 0 Å². The van der Waals surface area contributed by atoms with Gasteiger partial charge in [0.05, 0.1) is 20.0 Å². The minimum Gasteiger partial charge on any atom is -0.479 e. The standard InChI is InChI=1S/C18H26N9O5P/c1-18(25-26-20)13-11(8-30-33(28,32-13)24-10-6-4-3-5-7-10)31-16(18)27-9-21-12-14(27)22-17(19)23-15(12)29-2/h9-11,13,16H,3-8H2,1-2H3,(H,24,28)(H2,19,22,23)/t11-,13-,16-,18-,33?/m1/s1. The lowest BCUT2D eigenvalue weighted by Crippen LogP contribution is -2.48. The molecule has 2 aromatic rings. The van der Waals surface area contributed by atoms with Crippen molar-refractivity contribution in [2.45, 2.75) is 69.0 Å². The molecule has 33 heavy (non-hydrogen) atoms. The zero-order chi connectivity index (χ0) is 23.2. The molecule has 1 aliphatic carbocycles. The SMILES string of the molecule is COc1nc(N)nc2c1ncn2[C@@H]1O[C@@H]2COP(=O)(NC3CCCCC3)O[C@H]2[C@@]1(C)N=[N+]=[N-]. The molecule has 5 atom stereocenters. The van der Waals surface area contributed by atoms with E-state index in [1.807, 2.05) is 0 Å². The van der Waals surface area contributed by atoms with E-state index in [9.17, 15) is 10.1 Å². The predicted molar refractivity (Wildman–Crippen MR) is 116 cm³/mol. The second-order valence-corrected chi connectivity index (χ2v) is 10.4. The van der Waals surface area contributed by atoms with Crippen molar-refractivity contribution < 1.29 is 23.1 Å². The molecular formula is C18H26N9O5P. The van der Waals surface area contributed by atoms with Crippen LogP contribution >= 0.6 is 7.75 Å². The van der Waals surface area contributed by atoms with Crippen LogP contribution in [-0.4, -0.2) is 57.0 Å². The highest BCUT2D eigenvalue weighted by molar-refractivity contribution is 7.51. The number of nitrogens with zero attached hydrogens (tertiary/aromatic N) is 7. The first-order valence-electron chi connectivity index (χ1n) is 10.8. The van der Waals surface area contributed by atoms with E-state index in [1.165, 1.54) is 13.4 Å². The van der Waals surface area contributed by atoms with Crippen molar-refractivity contribution in [3.05, 3.63) is 16.8 Å². The van der Waals surface area contributed by atoms with Crippen LogP contribution in [0.3, 0.4) is 0 Å². The van der Waals surface area contributed by atoms with E-state index in [2.05, 4.69) is 30.1 Å². The number of fused-ring (bicyclic) bond motifs is 2. The van der Waals surface area contributed by atoms with Crippen molar-refractivity contribution >= 4 is 24.9 Å². The fourth-order valence-corrected chi connectivity index (χ4v) is 6.73. The number of aromatic nitrogens is 4. The van der Waals surface area contributed by atoms with E-state index in [1.54, 1.807) is 11.5 Å². The molecule has 4 heterocycles. The molecule has 2 aliphatic heterocycles. The molecule has 3 N–H and O–H groups in total. The van der Waals surface area contributed by atoms with E-state index < -0.39 is 31.7 Å². The molecule has 3 aliphatic rings. The molecular weight excluding hydrogens is 453 g/mol. The number of hydrogen-bond acceptors (Lipinski definition) is 10. The molecule has 178 valence electrons. The molecule has 15 heteroatoms. The summed E-state index contributed by atoms with van der Waals surface area (Å²) < 4.78 is 38.1. The van der Waals surface area contributed by atoms with E-state index in [0.29, 0.717) is 11.2 Å². The number of hydrogen-bond donors (Lipinski definition) is 2. The number of nitrogens with two attached hydrogens (primary N) is 1. The Labute approximate surface area is 189 Å². The fraction of sp³-hybridized carbons (Fsp3) is 0.722. The Morgan fingerprint density at radius 1 is 1.39 bits per heavy atom. The summed E-state index contributed by atoms with van der Waals surface area (Å²) in [4.78, 5) is 15.7. The fourth-order valence-electron chi connectivity index (χ4n) is 4.84. The summed E-state index contributed by atoms with van der Waals surface area (Å²) in [6.07, 6.45) is 4.25. The zero-order valence-corrected chi connectivity index (χ0v) is 19.2. The number of azide groups is 1. The second kappa shape index (κ2) is 8.39. The maximum Gasteiger partial charge on any atom is 0.406 e. The smallest absolute Gasteiger partial charge is 0.406 e. The van der Waals surface area contributed by atoms with Crippen LogP contribution in [-0.2, 0) is 18.3 Å². The summed E-state index contributed by atoms with van der Waals surface area (Å²) >= 11 is 0. The number of nitrogen functional groups attached to an aromatic ring is 1. The summed E-state index contributed by atoms with van der Waals surface area (Å²) in [5.41, 5.74) is 14.6. The highest BCUT2D eigenvalue weighted by Gasteiger charge is 2.60. The van der Waals surface area contributed by atoms with Crippen molar-refractivity contribution in [2.75, 3.05) is 19.5 Å². The van der Waals surface area contributed by atoms with Gasteiger partial charge in [0, 0.05) is 11.0 Å². The molecule has 5 rings (SSSR count). The van der Waals surface area contributed by atoms with Crippen LogP contribution in [0.2, 0.25) is 0 Å². The predicted octanol–water partition coefficient (Wildman–Crippen LogP) is 2.83. The second-order valence-electron chi connectivity index (χ2n) is 8.64. The number of rotatable bonds is 5. The van der Waals surface area contributed by atoms with E-state index in [4.69, 9.17) is 24.3 Å². The molecule has 1 unspecified atom stereocenters. The summed E-state index contributed by atoms with van der Waals surface area (Å²) in [6.45, 7) is 1.70. The number of imidazole rings is 1. The zero-order valence-electron chi connectivity index (χ0n) is 18.3. The van der Waals surface area contributed by atoms with Gasteiger partial charge in [0.15, 0.2) is 17.4 Å². The van der Waals surface area contributed by atoms with Gasteiger partial charge in [-0.25, -0.2) is 14.6 Å². The highest BCUT2D eigenvalue weighted by atomic mass is 31.2. The van der Waals surface area contributed by atoms with Crippen molar-refractivity contribution in [1.29, 1.82) is 0 Å². The average Bonchev–Trinajstić information content (AvgIpc) is 3.32. The highest BCUT2D eigenvalue weighted by Crippen LogP contribution is 2.57. The number of ether oxygens (including phenoxy) is 2. The van der Waals surface area contributed by atoms with E-state index in [-0.39, 0.29) is 24.5 Å². The maximum absolute atomic E-state index is 13.5. The Hall–Kier alpha value is -2.47. The Morgan fingerprint density at radius 3 is 2.91 bits per heavy atom. The third kappa shape index (κ3) is 3.82. The van der Waals surface area contributed by atoms with Crippen molar-refractivity contribution in [1.82, 2.24) is 24.6 Å². The van der Waals surface area contributed by atoms with Gasteiger partial charge in [-0.05, 0) is 25.3 Å². The monoisotopic (exact) mass is 479 g/mol. The Morgan fingerprint density at radius 2 is 2.18 bits per heavy atom. The molecule has 14 nitrogen and oxygen atoms in total. The van der Waals surface area contributed by atoms with E-state index >= 15 is 0 Å². The molecule has 0 radical (unpaired) electrons. The van der Waals surface area contributed by atoms with Gasteiger partial charge in [-0.15, -0.1) is 0 Å². The molecule has 0 amide bonds. The van der Waals surface area contributed by atoms with Crippen LogP contribution < -0.4 is 15.6 Å². The van der Waals surface area contributed by atoms with Crippen molar-refractivity contribution in [2.24, 2.45) is 5.11 Å². The molecule has 0 spiro atoms. The number of anilines is 1. The molecule has 2 aromatic heterocycles. The maximum atomic E-state index is 13.5. The van der Waals surface area contributed by atoms with Gasteiger partial charge in [0.1, 0.15) is 17.7 Å². The minimum absolute atomic E-state index is 0.0113. The summed E-state index contributed by atoms with van der Waals surface area (Å²) in [7, 11) is -2.18. The number of methoxy groups -OCH3 is 1. The normalized spacial score (nSPS) is 34.7. The topological polar surface area (TPSA) is 184 Å². The molecule has 1 saturated carbocycles. The van der Waals surface area contributed by atoms with Crippen LogP contribution in [0.4, 0.5) is 5.95 Å². The quantitative estimate of drug-likeness (QED) is 0.280. The molecule has 0 aromatic carbocycles. The Kier molecular flexibility index (Phi) is 5.68. The minimum atomic E-state index is -3.63. The van der Waals surface area contributed by atoms with Crippen LogP contribution in [0.1, 0.15) is 45.3 Å². The molecule has 2 saturated heterocycles. The molecule has 0 bridgehead atoms. The third-order valence-corrected chi connectivity index (χ3v) is 8.11. The Bertz CT molecular complexity index is 1150. The average molecular weight is 479 g/mol. The van der Waals surface area contributed by atoms with Gasteiger partial charge in [-0.2, -0.15) is 9.97 Å². The first-order chi connectivity index (χ1) is 15.9. The molecule has 3 fully saturated rings. The summed E-state index contributed by atoms with van der Waals surface area (Å²) in [5.74, 6) is 0.195. The van der Waals surface area contributed by atoms with Gasteiger partial charge in [0.2, 0.25) is 11.8 Å². The lowest BCUT2D eigenvalue weighted by Gasteiger charge is -2.37. The Balaban J connectivity index is 1.49. The largest absolute Gasteiger partial charge is 0.479 e. The lowest BCUT2D eigenvalue weighted by atomic mass is 9.93. The van der Waals surface area contributed by atoms with Gasteiger partial charge in [-0.3, -0.25) is 13.6 Å². The number of nitrogens with one attached hydrogen (secondary N) is 1. The summed E-state index contributed by atoms with van der Waals surface area (Å²) in [5, 5.41) is 7.11. The van der Waals surface area contributed by atoms with Gasteiger partial charge < -0.3 is 15.2 Å². The van der Waals surface area contributed by atoms with Crippen molar-refractivity contribution in [3.63, 3.8) is 0 Å². The summed E-state index contributed by atoms with van der Waals surface area (Å²) in [6, 6.07) is 0.0507. The van der Waals surface area contributed by atoms with Crippen LogP contribution in [0.5, 0.6) is 5.88 Å². The van der Waals surface area contributed by atoms with Crippen LogP contribution in [0.15, 0.2) is 11.4 Å². The third-order valence-electron chi connectivity index (χ3n) is 6.44. The van der Waals surface area contributed by atoms with Crippen LogP contribution in [0, 0.1) is 0 Å². The van der Waals surface area contributed by atoms with Crippen molar-refractivity contribution in [3.8, 4) is 5.88 Å².